The third-order valence-electron chi connectivity index (χ3n) is 6.95. The second-order valence-electron chi connectivity index (χ2n) is 10.0. The van der Waals surface area contributed by atoms with E-state index in [0.717, 1.165) is 38.0 Å². The van der Waals surface area contributed by atoms with E-state index in [1.54, 1.807) is 30.5 Å². The van der Waals surface area contributed by atoms with Gasteiger partial charge >= 0.3 is 6.36 Å². The van der Waals surface area contributed by atoms with Crippen LogP contribution in [-0.4, -0.2) is 41.3 Å². The highest BCUT2D eigenvalue weighted by molar-refractivity contribution is 6.09. The highest BCUT2D eigenvalue weighted by atomic mass is 19.4. The molecule has 2 heterocycles. The van der Waals surface area contributed by atoms with Crippen molar-refractivity contribution in [3.8, 4) is 22.6 Å². The molecule has 6 nitrogen and oxygen atoms in total. The number of hydrogen-bond acceptors (Lipinski definition) is 5. The number of likely N-dealkylation sites (tertiary alicyclic amines) is 1. The summed E-state index contributed by atoms with van der Waals surface area (Å²) in [6.07, 6.45) is 0.778. The van der Waals surface area contributed by atoms with Crippen molar-refractivity contribution >= 4 is 11.6 Å². The van der Waals surface area contributed by atoms with Gasteiger partial charge in [0.05, 0.1) is 0 Å². The van der Waals surface area contributed by atoms with Gasteiger partial charge in [-0.2, -0.15) is 0 Å². The number of carbonyl (C=O) groups is 1. The Kier molecular flexibility index (Phi) is 8.54. The number of aryl methyl sites for hydroxylation is 1. The summed E-state index contributed by atoms with van der Waals surface area (Å²) in [6.45, 7) is 4.57. The summed E-state index contributed by atoms with van der Waals surface area (Å²) in [5.74, 6) is 0.0234. The molecule has 0 bridgehead atoms. The molecule has 1 aliphatic rings. The molecule has 1 N–H and O–H groups in total. The van der Waals surface area contributed by atoms with Gasteiger partial charge < -0.3 is 14.8 Å². The molecule has 41 heavy (non-hydrogen) atoms. The highest BCUT2D eigenvalue weighted by Crippen LogP contribution is 2.32. The summed E-state index contributed by atoms with van der Waals surface area (Å²) in [4.78, 5) is 19.9. The Morgan fingerprint density at radius 2 is 1.73 bits per heavy atom. The van der Waals surface area contributed by atoms with Crippen molar-refractivity contribution in [2.45, 2.75) is 38.8 Å². The van der Waals surface area contributed by atoms with Crippen LogP contribution < -0.4 is 14.8 Å². The van der Waals surface area contributed by atoms with Gasteiger partial charge in [0.1, 0.15) is 17.6 Å². The van der Waals surface area contributed by atoms with E-state index in [-0.39, 0.29) is 17.8 Å². The molecule has 0 aliphatic carbocycles. The lowest BCUT2D eigenvalue weighted by Crippen LogP contribution is -2.37. The summed E-state index contributed by atoms with van der Waals surface area (Å²) >= 11 is 0. The van der Waals surface area contributed by atoms with E-state index < -0.39 is 6.36 Å². The topological polar surface area (TPSA) is 63.7 Å². The zero-order valence-corrected chi connectivity index (χ0v) is 22.5. The minimum absolute atomic E-state index is 0.0822. The summed E-state index contributed by atoms with van der Waals surface area (Å²) in [6, 6.07) is 22.1. The van der Waals surface area contributed by atoms with Crippen molar-refractivity contribution in [1.29, 1.82) is 0 Å². The maximum absolute atomic E-state index is 13.4. The molecule has 1 aliphatic heterocycles. The van der Waals surface area contributed by atoms with Gasteiger partial charge in [-0.15, -0.1) is 13.2 Å². The second-order valence-corrected chi connectivity index (χ2v) is 10.0. The zero-order chi connectivity index (χ0) is 28.8. The SMILES string of the molecule is Cc1cccc(C(=O)Nc2cccc(OC3CCN(Cc4cccnc4)CC3)c2)c1-c1ccc(OC(F)(F)F)cc1. The third-order valence-corrected chi connectivity index (χ3v) is 6.95. The summed E-state index contributed by atoms with van der Waals surface area (Å²) in [5.41, 5.74) is 4.24. The number of anilines is 1. The standard InChI is InChI=1S/C32H30F3N3O3/c1-22-5-2-9-29(30(22)24-10-12-27(13-11-24)41-32(33,34)35)31(39)37-25-7-3-8-28(19-25)40-26-14-17-38(18-15-26)21-23-6-4-16-36-20-23/h2-13,16,19-20,26H,14-15,17-18,21H2,1H3,(H,37,39). The molecule has 3 aromatic carbocycles. The maximum Gasteiger partial charge on any atom is 0.573 e. The molecule has 5 rings (SSSR count). The Balaban J connectivity index is 1.23. The van der Waals surface area contributed by atoms with Gasteiger partial charge in [0.2, 0.25) is 0 Å². The van der Waals surface area contributed by atoms with E-state index >= 15 is 0 Å². The number of hydrogen-bond donors (Lipinski definition) is 1. The van der Waals surface area contributed by atoms with Gasteiger partial charge in [-0.05, 0) is 78.4 Å². The van der Waals surface area contributed by atoms with E-state index in [2.05, 4.69) is 26.0 Å². The number of nitrogens with one attached hydrogen (secondary N) is 1. The Morgan fingerprint density at radius 3 is 2.44 bits per heavy atom. The van der Waals surface area contributed by atoms with Crippen LogP contribution in [0.15, 0.2) is 91.3 Å². The number of benzene rings is 3. The van der Waals surface area contributed by atoms with Crippen molar-refractivity contribution in [2.75, 3.05) is 18.4 Å². The normalized spacial score (nSPS) is 14.4. The molecule has 0 atom stereocenters. The fraction of sp³-hybridized carbons (Fsp3) is 0.250. The van der Waals surface area contributed by atoms with Crippen LogP contribution in [0.1, 0.15) is 34.3 Å². The number of carbonyl (C=O) groups excluding carboxylic acids is 1. The number of alkyl halides is 3. The number of pyridine rings is 1. The largest absolute Gasteiger partial charge is 0.573 e. The van der Waals surface area contributed by atoms with Crippen molar-refractivity contribution in [1.82, 2.24) is 9.88 Å². The quantitative estimate of drug-likeness (QED) is 0.246. The Morgan fingerprint density at radius 1 is 0.976 bits per heavy atom. The Bertz CT molecular complexity index is 1470. The van der Waals surface area contributed by atoms with Crippen LogP contribution in [-0.2, 0) is 6.54 Å². The molecule has 212 valence electrons. The lowest BCUT2D eigenvalue weighted by atomic mass is 9.94. The van der Waals surface area contributed by atoms with Crippen LogP contribution in [0.2, 0.25) is 0 Å². The average Bonchev–Trinajstić information content (AvgIpc) is 2.94. The Labute approximate surface area is 236 Å². The maximum atomic E-state index is 13.4. The Hall–Kier alpha value is -4.37. The summed E-state index contributed by atoms with van der Waals surface area (Å²) < 4.78 is 47.9. The molecule has 0 spiro atoms. The third kappa shape index (κ3) is 7.64. The number of piperidine rings is 1. The molecule has 0 saturated carbocycles. The van der Waals surface area contributed by atoms with E-state index in [4.69, 9.17) is 4.74 Å². The van der Waals surface area contributed by atoms with Crippen molar-refractivity contribution in [3.63, 3.8) is 0 Å². The molecular formula is C32H30F3N3O3. The van der Waals surface area contributed by atoms with Crippen LogP contribution in [0.4, 0.5) is 18.9 Å². The fourth-order valence-corrected chi connectivity index (χ4v) is 5.04. The fourth-order valence-electron chi connectivity index (χ4n) is 5.04. The molecule has 1 aromatic heterocycles. The minimum Gasteiger partial charge on any atom is -0.490 e. The van der Waals surface area contributed by atoms with Gasteiger partial charge in [-0.25, -0.2) is 0 Å². The van der Waals surface area contributed by atoms with Crippen LogP contribution in [0.25, 0.3) is 11.1 Å². The molecule has 0 unspecified atom stereocenters. The summed E-state index contributed by atoms with van der Waals surface area (Å²) in [7, 11) is 0. The van der Waals surface area contributed by atoms with Gasteiger partial charge in [-0.3, -0.25) is 14.7 Å². The smallest absolute Gasteiger partial charge is 0.490 e. The van der Waals surface area contributed by atoms with E-state index in [9.17, 15) is 18.0 Å². The van der Waals surface area contributed by atoms with Crippen LogP contribution in [0.5, 0.6) is 11.5 Å². The number of halogens is 3. The molecule has 1 saturated heterocycles. The monoisotopic (exact) mass is 561 g/mol. The number of nitrogens with zero attached hydrogens (tertiary/aromatic N) is 2. The summed E-state index contributed by atoms with van der Waals surface area (Å²) in [5, 5.41) is 2.94. The van der Waals surface area contributed by atoms with E-state index in [1.807, 2.05) is 37.4 Å². The molecular weight excluding hydrogens is 531 g/mol. The highest BCUT2D eigenvalue weighted by Gasteiger charge is 2.31. The van der Waals surface area contributed by atoms with E-state index in [1.165, 1.54) is 29.8 Å². The first-order valence-corrected chi connectivity index (χ1v) is 13.4. The zero-order valence-electron chi connectivity index (χ0n) is 22.5. The number of ether oxygens (including phenoxy) is 2. The van der Waals surface area contributed by atoms with Crippen molar-refractivity contribution in [3.05, 3.63) is 108 Å². The minimum atomic E-state index is -4.77. The lowest BCUT2D eigenvalue weighted by Gasteiger charge is -2.32. The number of amides is 1. The number of rotatable bonds is 8. The molecule has 4 aromatic rings. The van der Waals surface area contributed by atoms with Gasteiger partial charge in [0, 0.05) is 49.3 Å². The van der Waals surface area contributed by atoms with Crippen LogP contribution >= 0.6 is 0 Å². The van der Waals surface area contributed by atoms with Crippen molar-refractivity contribution < 1.29 is 27.4 Å². The van der Waals surface area contributed by atoms with Gasteiger partial charge in [0.15, 0.2) is 0 Å². The predicted octanol–water partition coefficient (Wildman–Crippen LogP) is 7.25. The average molecular weight is 562 g/mol. The van der Waals surface area contributed by atoms with Crippen molar-refractivity contribution in [2.24, 2.45) is 0 Å². The first-order chi connectivity index (χ1) is 19.7. The molecule has 1 fully saturated rings. The first-order valence-electron chi connectivity index (χ1n) is 13.4. The molecule has 9 heteroatoms. The van der Waals surface area contributed by atoms with Gasteiger partial charge in [0.25, 0.3) is 5.91 Å². The van der Waals surface area contributed by atoms with Crippen LogP contribution in [0, 0.1) is 6.92 Å². The first kappa shape index (κ1) is 28.2. The predicted molar refractivity (Wildman–Crippen MR) is 151 cm³/mol. The molecule has 0 radical (unpaired) electrons. The van der Waals surface area contributed by atoms with Crippen LogP contribution in [0.3, 0.4) is 0 Å². The van der Waals surface area contributed by atoms with Gasteiger partial charge in [-0.1, -0.05) is 36.4 Å². The lowest BCUT2D eigenvalue weighted by molar-refractivity contribution is -0.274. The van der Waals surface area contributed by atoms with E-state index in [0.29, 0.717) is 28.1 Å². The second kappa shape index (κ2) is 12.4. The number of aromatic nitrogens is 1. The molecule has 1 amide bonds.